The molecule has 2 aromatic carbocycles. The van der Waals surface area contributed by atoms with Gasteiger partial charge in [0.2, 0.25) is 5.91 Å². The molecule has 2 aromatic rings. The Labute approximate surface area is 175 Å². The fourth-order valence-electron chi connectivity index (χ4n) is 4.08. The smallest absolute Gasteiger partial charge is 0.221 e. The van der Waals surface area contributed by atoms with Crippen molar-refractivity contribution in [3.63, 3.8) is 0 Å². The van der Waals surface area contributed by atoms with Crippen LogP contribution in [0.4, 0.5) is 11.4 Å². The first-order valence-electron chi connectivity index (χ1n) is 9.59. The van der Waals surface area contributed by atoms with Crippen molar-refractivity contribution in [2.45, 2.75) is 32.7 Å². The Morgan fingerprint density at radius 1 is 1.25 bits per heavy atom. The average molecular weight is 414 g/mol. The summed E-state index contributed by atoms with van der Waals surface area (Å²) in [5.41, 5.74) is 4.20. The number of nitrogens with zero attached hydrogens (tertiary/aromatic N) is 1. The van der Waals surface area contributed by atoms with Crippen LogP contribution in [0.25, 0.3) is 0 Å². The molecule has 1 spiro atoms. The van der Waals surface area contributed by atoms with Gasteiger partial charge in [0.15, 0.2) is 0 Å². The van der Waals surface area contributed by atoms with E-state index in [9.17, 15) is 4.79 Å². The maximum atomic E-state index is 11.6. The van der Waals surface area contributed by atoms with Gasteiger partial charge in [0.1, 0.15) is 5.84 Å². The molecule has 1 amide bonds. The van der Waals surface area contributed by atoms with E-state index in [2.05, 4.69) is 22.8 Å². The zero-order valence-corrected chi connectivity index (χ0v) is 17.5. The number of fused-ring (bicyclic) bond motifs is 1. The van der Waals surface area contributed by atoms with Crippen LogP contribution >= 0.6 is 23.4 Å². The lowest BCUT2D eigenvalue weighted by Crippen LogP contribution is -2.44. The number of aliphatic imine (C=N–C) groups is 1. The number of rotatable bonds is 3. The number of benzene rings is 2. The molecule has 0 aliphatic carbocycles. The summed E-state index contributed by atoms with van der Waals surface area (Å²) in [5.74, 6) is 3.28. The van der Waals surface area contributed by atoms with E-state index in [-0.39, 0.29) is 11.3 Å². The molecule has 0 atom stereocenters. The number of anilines is 2. The zero-order valence-electron chi connectivity index (χ0n) is 15.9. The Morgan fingerprint density at radius 2 is 2.04 bits per heavy atom. The molecular weight excluding hydrogens is 390 g/mol. The van der Waals surface area contributed by atoms with E-state index in [0.717, 1.165) is 58.6 Å². The molecule has 2 heterocycles. The van der Waals surface area contributed by atoms with Gasteiger partial charge in [0.05, 0.1) is 17.9 Å². The highest BCUT2D eigenvalue weighted by Gasteiger charge is 2.41. The Hall–Kier alpha value is -1.98. The molecule has 28 heavy (non-hydrogen) atoms. The van der Waals surface area contributed by atoms with Crippen molar-refractivity contribution >= 4 is 46.5 Å². The highest BCUT2D eigenvalue weighted by Crippen LogP contribution is 2.46. The van der Waals surface area contributed by atoms with Crippen molar-refractivity contribution < 1.29 is 4.79 Å². The molecule has 0 radical (unpaired) electrons. The number of hydrogen-bond acceptors (Lipinski definition) is 3. The van der Waals surface area contributed by atoms with Gasteiger partial charge in [-0.1, -0.05) is 35.9 Å². The topological polar surface area (TPSA) is 53.5 Å². The summed E-state index contributed by atoms with van der Waals surface area (Å²) in [4.78, 5) is 16.6. The molecule has 146 valence electrons. The zero-order chi connectivity index (χ0) is 19.6. The molecule has 1 saturated heterocycles. The third kappa shape index (κ3) is 4.06. The monoisotopic (exact) mass is 413 g/mol. The molecule has 2 aliphatic rings. The summed E-state index contributed by atoms with van der Waals surface area (Å²) in [6.07, 6.45) is 3.18. The van der Waals surface area contributed by atoms with Crippen LogP contribution in [-0.2, 0) is 17.8 Å². The van der Waals surface area contributed by atoms with Crippen LogP contribution in [0.3, 0.4) is 0 Å². The number of amides is 1. The summed E-state index contributed by atoms with van der Waals surface area (Å²) >= 11 is 8.15. The minimum Gasteiger partial charge on any atom is -0.342 e. The standard InChI is InChI=1S/C22H24ClN3OS/c1-15(27)25-19-7-3-5-17-13-22(8-10-28-11-9-22)21(26-20(17)19)24-14-16-4-2-6-18(23)12-16/h2-7,12H,8-11,13-14H2,1H3,(H,24,26)(H,25,27). The minimum atomic E-state index is -0.0676. The SMILES string of the molecule is CC(=O)Nc1cccc2c1NC(=NCc1cccc(Cl)c1)C1(CCSCC1)C2. The van der Waals surface area contributed by atoms with Crippen molar-refractivity contribution in [3.8, 4) is 0 Å². The van der Waals surface area contributed by atoms with Crippen LogP contribution in [0.2, 0.25) is 5.02 Å². The van der Waals surface area contributed by atoms with Crippen molar-refractivity contribution in [3.05, 3.63) is 58.6 Å². The molecule has 0 saturated carbocycles. The maximum absolute atomic E-state index is 11.6. The third-order valence-corrected chi connectivity index (χ3v) is 6.72. The minimum absolute atomic E-state index is 0.0473. The fourth-order valence-corrected chi connectivity index (χ4v) is 5.56. The van der Waals surface area contributed by atoms with Crippen LogP contribution in [-0.4, -0.2) is 23.2 Å². The van der Waals surface area contributed by atoms with Crippen LogP contribution in [0.15, 0.2) is 47.5 Å². The summed E-state index contributed by atoms with van der Waals surface area (Å²) < 4.78 is 0. The van der Waals surface area contributed by atoms with Gasteiger partial charge in [-0.15, -0.1) is 0 Å². The first-order valence-corrected chi connectivity index (χ1v) is 11.1. The van der Waals surface area contributed by atoms with E-state index in [1.807, 2.05) is 42.1 Å². The summed E-state index contributed by atoms with van der Waals surface area (Å²) in [6, 6.07) is 14.0. The summed E-state index contributed by atoms with van der Waals surface area (Å²) in [5, 5.41) is 7.29. The lowest BCUT2D eigenvalue weighted by atomic mass is 9.72. The van der Waals surface area contributed by atoms with Gasteiger partial charge in [0.25, 0.3) is 0 Å². The van der Waals surface area contributed by atoms with E-state index in [1.165, 1.54) is 12.5 Å². The highest BCUT2D eigenvalue weighted by atomic mass is 35.5. The lowest BCUT2D eigenvalue weighted by Gasteiger charge is -2.43. The molecule has 2 aliphatic heterocycles. The summed E-state index contributed by atoms with van der Waals surface area (Å²) in [7, 11) is 0. The Balaban J connectivity index is 1.70. The van der Waals surface area contributed by atoms with Gasteiger partial charge >= 0.3 is 0 Å². The van der Waals surface area contributed by atoms with Crippen molar-refractivity contribution in [2.75, 3.05) is 22.1 Å². The van der Waals surface area contributed by atoms with Crippen LogP contribution in [0, 0.1) is 5.41 Å². The predicted octanol–water partition coefficient (Wildman–Crippen LogP) is 5.38. The van der Waals surface area contributed by atoms with E-state index < -0.39 is 0 Å². The molecule has 1 fully saturated rings. The van der Waals surface area contributed by atoms with Gasteiger partial charge in [-0.25, -0.2) is 0 Å². The molecule has 4 nitrogen and oxygen atoms in total. The van der Waals surface area contributed by atoms with Crippen molar-refractivity contribution in [2.24, 2.45) is 10.4 Å². The van der Waals surface area contributed by atoms with Gasteiger partial charge < -0.3 is 10.6 Å². The molecule has 4 rings (SSSR count). The van der Waals surface area contributed by atoms with Crippen molar-refractivity contribution in [1.29, 1.82) is 0 Å². The van der Waals surface area contributed by atoms with E-state index in [1.54, 1.807) is 0 Å². The Kier molecular flexibility index (Phi) is 5.65. The van der Waals surface area contributed by atoms with Crippen LogP contribution in [0.1, 0.15) is 30.9 Å². The molecule has 6 heteroatoms. The van der Waals surface area contributed by atoms with Crippen molar-refractivity contribution in [1.82, 2.24) is 0 Å². The number of nitrogens with one attached hydrogen (secondary N) is 2. The number of amidine groups is 1. The second-order valence-electron chi connectivity index (χ2n) is 7.51. The number of carbonyl (C=O) groups is 1. The highest BCUT2D eigenvalue weighted by molar-refractivity contribution is 7.99. The fraction of sp³-hybridized carbons (Fsp3) is 0.364. The maximum Gasteiger partial charge on any atom is 0.221 e. The third-order valence-electron chi connectivity index (χ3n) is 5.49. The van der Waals surface area contributed by atoms with Gasteiger partial charge in [-0.05, 0) is 60.1 Å². The van der Waals surface area contributed by atoms with Crippen LogP contribution in [0.5, 0.6) is 0 Å². The van der Waals surface area contributed by atoms with Crippen LogP contribution < -0.4 is 10.6 Å². The van der Waals surface area contributed by atoms with E-state index in [0.29, 0.717) is 6.54 Å². The Bertz CT molecular complexity index is 922. The number of thioether (sulfide) groups is 1. The number of hydrogen-bond donors (Lipinski definition) is 2. The number of carbonyl (C=O) groups excluding carboxylic acids is 1. The molecule has 2 N–H and O–H groups in total. The molecule has 0 aromatic heterocycles. The van der Waals surface area contributed by atoms with Gasteiger partial charge in [-0.3, -0.25) is 9.79 Å². The molecule has 0 unspecified atom stereocenters. The lowest BCUT2D eigenvalue weighted by molar-refractivity contribution is -0.114. The van der Waals surface area contributed by atoms with E-state index in [4.69, 9.17) is 16.6 Å². The average Bonchev–Trinajstić information content (AvgIpc) is 2.67. The second kappa shape index (κ2) is 8.18. The Morgan fingerprint density at radius 3 is 2.79 bits per heavy atom. The number of para-hydroxylation sites is 1. The molecule has 0 bridgehead atoms. The summed E-state index contributed by atoms with van der Waals surface area (Å²) in [6.45, 7) is 2.13. The first kappa shape index (κ1) is 19.3. The largest absolute Gasteiger partial charge is 0.342 e. The predicted molar refractivity (Wildman–Crippen MR) is 120 cm³/mol. The number of halogens is 1. The quantitative estimate of drug-likeness (QED) is 0.710. The second-order valence-corrected chi connectivity index (χ2v) is 9.17. The van der Waals surface area contributed by atoms with E-state index >= 15 is 0 Å². The van der Waals surface area contributed by atoms with Gasteiger partial charge in [-0.2, -0.15) is 11.8 Å². The van der Waals surface area contributed by atoms with Gasteiger partial charge in [0, 0.05) is 17.4 Å². The normalized spacial score (nSPS) is 19.1. The molecular formula is C22H24ClN3OS. The first-order chi connectivity index (χ1) is 13.6.